The lowest BCUT2D eigenvalue weighted by Crippen LogP contribution is -2.25. The highest BCUT2D eigenvalue weighted by atomic mass is 32.1. The molecule has 7 heteroatoms. The first-order valence-corrected chi connectivity index (χ1v) is 11.2. The summed E-state index contributed by atoms with van der Waals surface area (Å²) < 4.78 is 1.81. The topological polar surface area (TPSA) is 72.7 Å². The molecular weight excluding hydrogens is 406 g/mol. The minimum Gasteiger partial charge on any atom is -0.351 e. The third-order valence-electron chi connectivity index (χ3n) is 5.23. The predicted molar refractivity (Wildman–Crippen MR) is 124 cm³/mol. The van der Waals surface area contributed by atoms with Crippen molar-refractivity contribution >= 4 is 17.2 Å². The fourth-order valence-corrected chi connectivity index (χ4v) is 4.42. The molecule has 0 aliphatic carbocycles. The van der Waals surface area contributed by atoms with Crippen LogP contribution in [0.5, 0.6) is 0 Å². The Morgan fingerprint density at radius 1 is 1.03 bits per heavy atom. The van der Waals surface area contributed by atoms with Gasteiger partial charge in [-0.3, -0.25) is 4.79 Å². The maximum Gasteiger partial charge on any atom is 0.263 e. The van der Waals surface area contributed by atoms with E-state index in [-0.39, 0.29) is 5.91 Å². The van der Waals surface area contributed by atoms with Gasteiger partial charge in [0, 0.05) is 6.54 Å². The van der Waals surface area contributed by atoms with Gasteiger partial charge in [0.1, 0.15) is 15.6 Å². The van der Waals surface area contributed by atoms with Crippen LogP contribution in [0.1, 0.15) is 39.1 Å². The van der Waals surface area contributed by atoms with Gasteiger partial charge < -0.3 is 5.32 Å². The van der Waals surface area contributed by atoms with Gasteiger partial charge in [0.15, 0.2) is 0 Å². The number of hydrogen-bond acceptors (Lipinski definition) is 5. The molecule has 0 atom stereocenters. The van der Waals surface area contributed by atoms with E-state index >= 15 is 0 Å². The standard InChI is InChI=1S/C24H25N5OS/c1-4-18-10-12-20(13-11-18)29-17(3)21(27-28-29)24-26-16(2)22(31-24)23(30)25-15-14-19-8-6-5-7-9-19/h5-13H,4,14-15H2,1-3H3,(H,25,30). The predicted octanol–water partition coefficient (Wildman–Crippen LogP) is 4.54. The number of aryl methyl sites for hydroxylation is 2. The van der Waals surface area contributed by atoms with Crippen LogP contribution in [0, 0.1) is 13.8 Å². The van der Waals surface area contributed by atoms with Crippen LogP contribution in [-0.2, 0) is 12.8 Å². The van der Waals surface area contributed by atoms with E-state index in [0.717, 1.165) is 24.2 Å². The average molecular weight is 432 g/mol. The Labute approximate surface area is 186 Å². The number of hydrogen-bond donors (Lipinski definition) is 1. The number of carbonyl (C=O) groups is 1. The lowest BCUT2D eigenvalue weighted by molar-refractivity contribution is 0.0957. The fourth-order valence-electron chi connectivity index (χ4n) is 3.40. The monoisotopic (exact) mass is 431 g/mol. The van der Waals surface area contributed by atoms with Gasteiger partial charge >= 0.3 is 0 Å². The number of rotatable bonds is 7. The first-order valence-electron chi connectivity index (χ1n) is 10.4. The second kappa shape index (κ2) is 9.22. The summed E-state index contributed by atoms with van der Waals surface area (Å²) in [5, 5.41) is 12.4. The molecule has 1 amide bonds. The van der Waals surface area contributed by atoms with Crippen molar-refractivity contribution in [1.82, 2.24) is 25.3 Å². The van der Waals surface area contributed by atoms with Crippen LogP contribution < -0.4 is 5.32 Å². The summed E-state index contributed by atoms with van der Waals surface area (Å²) in [6.07, 6.45) is 1.79. The number of nitrogens with one attached hydrogen (secondary N) is 1. The molecule has 4 aromatic rings. The summed E-state index contributed by atoms with van der Waals surface area (Å²) >= 11 is 1.36. The quantitative estimate of drug-likeness (QED) is 0.466. The molecular formula is C24H25N5OS. The molecule has 6 nitrogen and oxygen atoms in total. The Balaban J connectivity index is 1.49. The Morgan fingerprint density at radius 3 is 2.48 bits per heavy atom. The normalized spacial score (nSPS) is 10.9. The lowest BCUT2D eigenvalue weighted by atomic mass is 10.1. The second-order valence-electron chi connectivity index (χ2n) is 7.38. The molecule has 2 aromatic carbocycles. The van der Waals surface area contributed by atoms with E-state index in [1.165, 1.54) is 22.5 Å². The number of thiazole rings is 1. The molecule has 0 saturated carbocycles. The summed E-state index contributed by atoms with van der Waals surface area (Å²) in [6.45, 7) is 6.54. The van der Waals surface area contributed by atoms with Crippen LogP contribution in [0.2, 0.25) is 0 Å². The minimum absolute atomic E-state index is 0.0996. The van der Waals surface area contributed by atoms with E-state index in [1.807, 2.05) is 48.9 Å². The molecule has 0 bridgehead atoms. The molecule has 0 aliphatic rings. The van der Waals surface area contributed by atoms with Gasteiger partial charge in [-0.05, 0) is 49.9 Å². The second-order valence-corrected chi connectivity index (χ2v) is 8.38. The highest BCUT2D eigenvalue weighted by molar-refractivity contribution is 7.17. The fraction of sp³-hybridized carbons (Fsp3) is 0.250. The van der Waals surface area contributed by atoms with Gasteiger partial charge in [-0.1, -0.05) is 54.6 Å². The minimum atomic E-state index is -0.0996. The number of benzene rings is 2. The summed E-state index contributed by atoms with van der Waals surface area (Å²) in [7, 11) is 0. The first kappa shape index (κ1) is 20.9. The van der Waals surface area contributed by atoms with E-state index in [1.54, 1.807) is 0 Å². The smallest absolute Gasteiger partial charge is 0.263 e. The van der Waals surface area contributed by atoms with Crippen molar-refractivity contribution in [2.45, 2.75) is 33.6 Å². The Morgan fingerprint density at radius 2 is 1.77 bits per heavy atom. The van der Waals surface area contributed by atoms with Crippen molar-refractivity contribution in [1.29, 1.82) is 0 Å². The molecule has 2 heterocycles. The molecule has 0 fully saturated rings. The van der Waals surface area contributed by atoms with Crippen molar-refractivity contribution in [2.24, 2.45) is 0 Å². The zero-order valence-corrected chi connectivity index (χ0v) is 18.7. The zero-order chi connectivity index (χ0) is 21.8. The van der Waals surface area contributed by atoms with Crippen LogP contribution in [0.3, 0.4) is 0 Å². The van der Waals surface area contributed by atoms with Gasteiger partial charge in [0.25, 0.3) is 5.91 Å². The van der Waals surface area contributed by atoms with Gasteiger partial charge in [0.05, 0.1) is 17.1 Å². The van der Waals surface area contributed by atoms with Crippen molar-refractivity contribution in [3.05, 3.63) is 82.0 Å². The number of nitrogens with zero attached hydrogens (tertiary/aromatic N) is 4. The van der Waals surface area contributed by atoms with E-state index in [4.69, 9.17) is 0 Å². The van der Waals surface area contributed by atoms with Crippen LogP contribution in [0.15, 0.2) is 54.6 Å². The summed E-state index contributed by atoms with van der Waals surface area (Å²) in [4.78, 5) is 17.9. The van der Waals surface area contributed by atoms with Gasteiger partial charge in [-0.2, -0.15) is 0 Å². The van der Waals surface area contributed by atoms with E-state index in [2.05, 4.69) is 51.8 Å². The van der Waals surface area contributed by atoms with Gasteiger partial charge in [-0.15, -0.1) is 16.4 Å². The lowest BCUT2D eigenvalue weighted by Gasteiger charge is -2.04. The SMILES string of the molecule is CCc1ccc(-n2nnc(-c3nc(C)c(C(=O)NCCc4ccccc4)s3)c2C)cc1. The molecule has 0 aliphatic heterocycles. The van der Waals surface area contributed by atoms with Crippen molar-refractivity contribution in [3.8, 4) is 16.4 Å². The number of carbonyl (C=O) groups excluding carboxylic acids is 1. The molecule has 158 valence electrons. The molecule has 0 saturated heterocycles. The summed E-state index contributed by atoms with van der Waals surface area (Å²) in [6, 6.07) is 18.4. The average Bonchev–Trinajstić information content (AvgIpc) is 3.37. The highest BCUT2D eigenvalue weighted by Gasteiger charge is 2.20. The molecule has 4 rings (SSSR count). The van der Waals surface area contributed by atoms with E-state index in [0.29, 0.717) is 27.8 Å². The Kier molecular flexibility index (Phi) is 6.23. The third kappa shape index (κ3) is 4.56. The molecule has 31 heavy (non-hydrogen) atoms. The number of aromatic nitrogens is 4. The maximum absolute atomic E-state index is 12.7. The van der Waals surface area contributed by atoms with E-state index < -0.39 is 0 Å². The molecule has 1 N–H and O–H groups in total. The van der Waals surface area contributed by atoms with Crippen LogP contribution in [0.4, 0.5) is 0 Å². The first-order chi connectivity index (χ1) is 15.1. The third-order valence-corrected chi connectivity index (χ3v) is 6.39. The highest BCUT2D eigenvalue weighted by Crippen LogP contribution is 2.29. The molecule has 0 unspecified atom stereocenters. The Bertz CT molecular complexity index is 1180. The van der Waals surface area contributed by atoms with Crippen LogP contribution >= 0.6 is 11.3 Å². The Hall–Kier alpha value is -3.32. The zero-order valence-electron chi connectivity index (χ0n) is 17.9. The molecule has 0 spiro atoms. The van der Waals surface area contributed by atoms with Crippen molar-refractivity contribution in [2.75, 3.05) is 6.54 Å². The van der Waals surface area contributed by atoms with Crippen LogP contribution in [0.25, 0.3) is 16.4 Å². The van der Waals surface area contributed by atoms with Crippen LogP contribution in [-0.4, -0.2) is 32.4 Å². The molecule has 0 radical (unpaired) electrons. The summed E-state index contributed by atoms with van der Waals surface area (Å²) in [5.74, 6) is -0.0996. The van der Waals surface area contributed by atoms with Crippen molar-refractivity contribution in [3.63, 3.8) is 0 Å². The largest absolute Gasteiger partial charge is 0.351 e. The van der Waals surface area contributed by atoms with Gasteiger partial charge in [-0.25, -0.2) is 9.67 Å². The van der Waals surface area contributed by atoms with Gasteiger partial charge in [0.2, 0.25) is 0 Å². The van der Waals surface area contributed by atoms with E-state index in [9.17, 15) is 4.79 Å². The maximum atomic E-state index is 12.7. The van der Waals surface area contributed by atoms with Crippen molar-refractivity contribution < 1.29 is 4.79 Å². The molecule has 2 aromatic heterocycles. The summed E-state index contributed by atoms with van der Waals surface area (Å²) in [5.41, 5.74) is 5.74. The number of amides is 1.